The summed E-state index contributed by atoms with van der Waals surface area (Å²) in [5.41, 5.74) is 0. The SMILES string of the molecule is CCCCCCCCCCCCCCCCBr.CCC[PH+](CCC)CCC. The Morgan fingerprint density at radius 1 is 0.407 bits per heavy atom. The van der Waals surface area contributed by atoms with E-state index in [0.29, 0.717) is 0 Å². The van der Waals surface area contributed by atoms with Crippen molar-refractivity contribution in [3.63, 3.8) is 0 Å². The fourth-order valence-electron chi connectivity index (χ4n) is 3.72. The third kappa shape index (κ3) is 29.2. The van der Waals surface area contributed by atoms with Crippen molar-refractivity contribution in [2.45, 2.75) is 137 Å². The molecule has 0 saturated carbocycles. The summed E-state index contributed by atoms with van der Waals surface area (Å²) >= 11 is 3.48. The zero-order valence-electron chi connectivity index (χ0n) is 19.7. The number of alkyl halides is 1. The molecule has 0 radical (unpaired) electrons. The van der Waals surface area contributed by atoms with E-state index in [1.54, 1.807) is 18.5 Å². The minimum atomic E-state index is 0.103. The molecule has 0 amide bonds. The smallest absolute Gasteiger partial charge is 0.0569 e. The van der Waals surface area contributed by atoms with E-state index in [1.165, 1.54) is 114 Å². The number of hydrogen-bond acceptors (Lipinski definition) is 0. The molecule has 0 rings (SSSR count). The van der Waals surface area contributed by atoms with Gasteiger partial charge >= 0.3 is 0 Å². The topological polar surface area (TPSA) is 0 Å². The fraction of sp³-hybridized carbons (Fsp3) is 1.00. The molecule has 2 heteroatoms. The molecule has 0 aliphatic carbocycles. The maximum Gasteiger partial charge on any atom is 0.0569 e. The van der Waals surface area contributed by atoms with E-state index >= 15 is 0 Å². The molecule has 0 aromatic carbocycles. The quantitative estimate of drug-likeness (QED) is 0.0951. The van der Waals surface area contributed by atoms with Crippen LogP contribution in [0.25, 0.3) is 0 Å². The Morgan fingerprint density at radius 2 is 0.704 bits per heavy atom. The molecule has 0 saturated heterocycles. The molecule has 166 valence electrons. The molecular formula is C25H55BrP+. The Labute approximate surface area is 184 Å². The Balaban J connectivity index is 0. The van der Waals surface area contributed by atoms with Gasteiger partial charge in [-0.25, -0.2) is 0 Å². The lowest BCUT2D eigenvalue weighted by atomic mass is 10.0. The van der Waals surface area contributed by atoms with Gasteiger partial charge in [0.1, 0.15) is 0 Å². The average molecular weight is 467 g/mol. The van der Waals surface area contributed by atoms with Crippen LogP contribution in [0.2, 0.25) is 0 Å². The van der Waals surface area contributed by atoms with Crippen LogP contribution in [-0.2, 0) is 0 Å². The summed E-state index contributed by atoms with van der Waals surface area (Å²) in [4.78, 5) is 0. The van der Waals surface area contributed by atoms with Crippen LogP contribution in [0.1, 0.15) is 137 Å². The third-order valence-electron chi connectivity index (χ3n) is 5.30. The van der Waals surface area contributed by atoms with Crippen LogP contribution in [0.15, 0.2) is 0 Å². The van der Waals surface area contributed by atoms with Gasteiger partial charge in [-0.05, 0) is 25.7 Å². The molecule has 0 nitrogen and oxygen atoms in total. The first-order valence-electron chi connectivity index (χ1n) is 12.7. The Kier molecular flexibility index (Phi) is 32.5. The van der Waals surface area contributed by atoms with Crippen LogP contribution in [-0.4, -0.2) is 23.8 Å². The summed E-state index contributed by atoms with van der Waals surface area (Å²) in [5.74, 6) is 0. The fourth-order valence-corrected chi connectivity index (χ4v) is 6.99. The monoisotopic (exact) mass is 465 g/mol. The number of halogens is 1. The summed E-state index contributed by atoms with van der Waals surface area (Å²) in [7, 11) is 0.103. The number of rotatable bonds is 20. The van der Waals surface area contributed by atoms with E-state index in [2.05, 4.69) is 43.6 Å². The molecule has 0 atom stereocenters. The molecule has 0 heterocycles. The maximum absolute atomic E-state index is 3.48. The van der Waals surface area contributed by atoms with Gasteiger partial charge in [0.15, 0.2) is 0 Å². The molecule has 0 spiro atoms. The van der Waals surface area contributed by atoms with E-state index in [1.807, 2.05) is 0 Å². The first kappa shape index (κ1) is 30.1. The van der Waals surface area contributed by atoms with Gasteiger partial charge < -0.3 is 0 Å². The summed E-state index contributed by atoms with van der Waals surface area (Å²) in [6.07, 6.45) is 29.2. The molecule has 0 aromatic rings. The van der Waals surface area contributed by atoms with Crippen LogP contribution in [0, 0.1) is 0 Å². The lowest BCUT2D eigenvalue weighted by molar-refractivity contribution is 0.538. The summed E-state index contributed by atoms with van der Waals surface area (Å²) in [6.45, 7) is 9.24. The highest BCUT2D eigenvalue weighted by Crippen LogP contribution is 2.37. The van der Waals surface area contributed by atoms with Crippen LogP contribution in [0.5, 0.6) is 0 Å². The van der Waals surface area contributed by atoms with Crippen molar-refractivity contribution in [3.8, 4) is 0 Å². The second-order valence-electron chi connectivity index (χ2n) is 8.29. The highest BCUT2D eigenvalue weighted by Gasteiger charge is 2.10. The van der Waals surface area contributed by atoms with Crippen LogP contribution in [0.3, 0.4) is 0 Å². The van der Waals surface area contributed by atoms with Gasteiger partial charge in [0, 0.05) is 13.3 Å². The van der Waals surface area contributed by atoms with Crippen LogP contribution >= 0.6 is 23.9 Å². The minimum Gasteiger partial charge on any atom is -0.0928 e. The second-order valence-corrected chi connectivity index (χ2v) is 12.1. The Morgan fingerprint density at radius 3 is 0.963 bits per heavy atom. The van der Waals surface area contributed by atoms with Crippen molar-refractivity contribution >= 4 is 23.9 Å². The van der Waals surface area contributed by atoms with Crippen molar-refractivity contribution in [2.75, 3.05) is 23.8 Å². The van der Waals surface area contributed by atoms with E-state index in [4.69, 9.17) is 0 Å². The third-order valence-corrected chi connectivity index (χ3v) is 9.48. The molecule has 0 bridgehead atoms. The van der Waals surface area contributed by atoms with Crippen LogP contribution in [0.4, 0.5) is 0 Å². The maximum atomic E-state index is 3.48. The van der Waals surface area contributed by atoms with Crippen molar-refractivity contribution in [2.24, 2.45) is 0 Å². The zero-order chi connectivity index (χ0) is 20.4. The number of unbranched alkanes of at least 4 members (excludes halogenated alkanes) is 13. The summed E-state index contributed by atoms with van der Waals surface area (Å²) in [5, 5.41) is 1.19. The van der Waals surface area contributed by atoms with Gasteiger partial charge in [0.05, 0.1) is 18.5 Å². The van der Waals surface area contributed by atoms with Gasteiger partial charge in [0.25, 0.3) is 0 Å². The highest BCUT2D eigenvalue weighted by molar-refractivity contribution is 9.09. The molecule has 0 unspecified atom stereocenters. The van der Waals surface area contributed by atoms with Crippen molar-refractivity contribution in [1.82, 2.24) is 0 Å². The molecule has 0 aromatic heterocycles. The molecule has 0 aliphatic rings. The van der Waals surface area contributed by atoms with Crippen LogP contribution < -0.4 is 0 Å². The summed E-state index contributed by atoms with van der Waals surface area (Å²) < 4.78 is 0. The number of hydrogen-bond donors (Lipinski definition) is 0. The first-order valence-corrected chi connectivity index (χ1v) is 15.9. The van der Waals surface area contributed by atoms with Gasteiger partial charge in [-0.1, -0.05) is 127 Å². The van der Waals surface area contributed by atoms with Gasteiger partial charge in [-0.2, -0.15) is 0 Å². The predicted octanol–water partition coefficient (Wildman–Crippen LogP) is 10.3. The Bertz CT molecular complexity index is 204. The van der Waals surface area contributed by atoms with E-state index in [9.17, 15) is 0 Å². The molecule has 27 heavy (non-hydrogen) atoms. The van der Waals surface area contributed by atoms with E-state index in [0.717, 1.165) is 0 Å². The summed E-state index contributed by atoms with van der Waals surface area (Å²) in [6, 6.07) is 0. The van der Waals surface area contributed by atoms with Crippen molar-refractivity contribution in [1.29, 1.82) is 0 Å². The minimum absolute atomic E-state index is 0.103. The zero-order valence-corrected chi connectivity index (χ0v) is 22.3. The molecule has 0 N–H and O–H groups in total. The van der Waals surface area contributed by atoms with E-state index < -0.39 is 0 Å². The van der Waals surface area contributed by atoms with Gasteiger partial charge in [-0.15, -0.1) is 0 Å². The van der Waals surface area contributed by atoms with Crippen molar-refractivity contribution in [3.05, 3.63) is 0 Å². The molecule has 0 fully saturated rings. The predicted molar refractivity (Wildman–Crippen MR) is 138 cm³/mol. The normalized spacial score (nSPS) is 10.9. The molecular weight excluding hydrogens is 411 g/mol. The first-order chi connectivity index (χ1) is 13.3. The molecule has 0 aliphatic heterocycles. The van der Waals surface area contributed by atoms with Gasteiger partial charge in [0.2, 0.25) is 0 Å². The Hall–Kier alpha value is 0.910. The largest absolute Gasteiger partial charge is 0.0928 e. The van der Waals surface area contributed by atoms with Gasteiger partial charge in [-0.3, -0.25) is 0 Å². The standard InChI is InChI=1S/C16H33Br.C9H21P/c1-2-3-4-5-6-7-8-9-10-11-12-13-14-15-16-17;1-4-7-10(8-5-2)9-6-3/h2-16H2,1H3;4-9H2,1-3H3/p+1. The average Bonchev–Trinajstić information content (AvgIpc) is 2.67. The lowest BCUT2D eigenvalue weighted by Gasteiger charge is -2.05. The van der Waals surface area contributed by atoms with Crippen molar-refractivity contribution < 1.29 is 0 Å². The second kappa shape index (κ2) is 29.1. The lowest BCUT2D eigenvalue weighted by Crippen LogP contribution is -1.92. The van der Waals surface area contributed by atoms with E-state index in [-0.39, 0.29) is 7.92 Å². The highest BCUT2D eigenvalue weighted by atomic mass is 79.9.